The lowest BCUT2D eigenvalue weighted by Crippen LogP contribution is -2.46. The lowest BCUT2D eigenvalue weighted by Gasteiger charge is -2.28. The number of alkyl halides is 3. The van der Waals surface area contributed by atoms with Crippen LogP contribution in [-0.4, -0.2) is 25.0 Å². The Morgan fingerprint density at radius 2 is 2.05 bits per heavy atom. The molecule has 106 valence electrons. The van der Waals surface area contributed by atoms with Gasteiger partial charge in [-0.2, -0.15) is 13.2 Å². The summed E-state index contributed by atoms with van der Waals surface area (Å²) in [5, 5.41) is 3.25. The summed E-state index contributed by atoms with van der Waals surface area (Å²) < 4.78 is 45.2. The first-order valence-electron chi connectivity index (χ1n) is 6.25. The second-order valence-electron chi connectivity index (χ2n) is 4.98. The molecule has 0 amide bonds. The van der Waals surface area contributed by atoms with E-state index in [-0.39, 0.29) is 18.7 Å². The van der Waals surface area contributed by atoms with Crippen LogP contribution in [0.1, 0.15) is 17.0 Å². The van der Waals surface area contributed by atoms with E-state index in [0.717, 1.165) is 0 Å². The maximum atomic E-state index is 13.3. The van der Waals surface area contributed by atoms with Crippen LogP contribution in [0, 0.1) is 5.41 Å². The number of ketones is 1. The minimum absolute atomic E-state index is 0.172. The molecule has 0 aliphatic carbocycles. The predicted octanol–water partition coefficient (Wildman–Crippen LogP) is 3.16. The number of hydrogen-bond acceptors (Lipinski definition) is 3. The Balaban J connectivity index is 2.06. The van der Waals surface area contributed by atoms with Gasteiger partial charge in [0.2, 0.25) is 5.78 Å². The van der Waals surface area contributed by atoms with Gasteiger partial charge < -0.3 is 9.73 Å². The fourth-order valence-corrected chi connectivity index (χ4v) is 2.59. The average molecular weight is 283 g/mol. The van der Waals surface area contributed by atoms with Gasteiger partial charge in [0.05, 0.1) is 0 Å². The van der Waals surface area contributed by atoms with Crippen LogP contribution >= 0.6 is 0 Å². The highest BCUT2D eigenvalue weighted by Crippen LogP contribution is 2.45. The molecule has 0 radical (unpaired) electrons. The SMILES string of the molecule is O=C(c1cc2ccccc2o1)C1(C(F)(F)F)CCNC1. The number of halogens is 3. The number of nitrogens with one attached hydrogen (secondary N) is 1. The van der Waals surface area contributed by atoms with Crippen molar-refractivity contribution in [1.82, 2.24) is 5.32 Å². The van der Waals surface area contributed by atoms with Crippen LogP contribution in [-0.2, 0) is 0 Å². The molecule has 2 aromatic rings. The van der Waals surface area contributed by atoms with Gasteiger partial charge in [-0.05, 0) is 25.1 Å². The number of hydrogen-bond donors (Lipinski definition) is 1. The van der Waals surface area contributed by atoms with Gasteiger partial charge in [0.15, 0.2) is 5.76 Å². The third-order valence-corrected chi connectivity index (χ3v) is 3.78. The smallest absolute Gasteiger partial charge is 0.403 e. The van der Waals surface area contributed by atoms with E-state index in [9.17, 15) is 18.0 Å². The van der Waals surface area contributed by atoms with Gasteiger partial charge >= 0.3 is 6.18 Å². The first kappa shape index (κ1) is 13.2. The number of fused-ring (bicyclic) bond motifs is 1. The van der Waals surface area contributed by atoms with Crippen LogP contribution in [0.4, 0.5) is 13.2 Å². The Bertz CT molecular complexity index is 621. The molecule has 0 bridgehead atoms. The van der Waals surface area contributed by atoms with Crippen molar-refractivity contribution < 1.29 is 22.4 Å². The molecule has 3 rings (SSSR count). The normalized spacial score (nSPS) is 23.4. The van der Waals surface area contributed by atoms with Crippen molar-refractivity contribution in [3.05, 3.63) is 36.1 Å². The zero-order valence-electron chi connectivity index (χ0n) is 10.5. The Morgan fingerprint density at radius 3 is 2.65 bits per heavy atom. The van der Waals surface area contributed by atoms with Crippen molar-refractivity contribution in [2.45, 2.75) is 12.6 Å². The molecular formula is C14H12F3NO2. The summed E-state index contributed by atoms with van der Waals surface area (Å²) in [5.41, 5.74) is -1.96. The lowest BCUT2D eigenvalue weighted by molar-refractivity contribution is -0.197. The molecule has 0 spiro atoms. The summed E-state index contributed by atoms with van der Waals surface area (Å²) in [6.45, 7) is -0.224. The summed E-state index contributed by atoms with van der Waals surface area (Å²) >= 11 is 0. The van der Waals surface area contributed by atoms with Gasteiger partial charge in [-0.15, -0.1) is 0 Å². The van der Waals surface area contributed by atoms with Gasteiger partial charge in [0.25, 0.3) is 0 Å². The lowest BCUT2D eigenvalue weighted by atomic mass is 9.80. The van der Waals surface area contributed by atoms with Gasteiger partial charge in [-0.1, -0.05) is 18.2 Å². The van der Waals surface area contributed by atoms with E-state index in [1.165, 1.54) is 6.07 Å². The summed E-state index contributed by atoms with van der Waals surface area (Å²) in [6, 6.07) is 8.14. The fourth-order valence-electron chi connectivity index (χ4n) is 2.59. The number of carbonyl (C=O) groups excluding carboxylic acids is 1. The third-order valence-electron chi connectivity index (χ3n) is 3.78. The molecule has 1 aromatic heterocycles. The zero-order valence-corrected chi connectivity index (χ0v) is 10.5. The standard InChI is InChI=1S/C14H12F3NO2/c15-14(16,17)13(5-6-18-8-13)12(19)11-7-9-3-1-2-4-10(9)20-11/h1-4,7,18H,5-6,8H2. The number of para-hydroxylation sites is 1. The van der Waals surface area contributed by atoms with Crippen LogP contribution < -0.4 is 5.32 Å². The predicted molar refractivity (Wildman–Crippen MR) is 66.5 cm³/mol. The summed E-state index contributed by atoms with van der Waals surface area (Å²) in [7, 11) is 0. The van der Waals surface area contributed by atoms with Gasteiger partial charge in [-0.25, -0.2) is 0 Å². The number of Topliss-reactive ketones (excluding diaryl/α,β-unsaturated/α-hetero) is 1. The summed E-state index contributed by atoms with van der Waals surface area (Å²) in [6.07, 6.45) is -4.85. The molecule has 1 unspecified atom stereocenters. The molecule has 1 N–H and O–H groups in total. The van der Waals surface area contributed by atoms with Crippen molar-refractivity contribution in [3.63, 3.8) is 0 Å². The van der Waals surface area contributed by atoms with Crippen LogP contribution in [0.25, 0.3) is 11.0 Å². The van der Waals surface area contributed by atoms with E-state index in [0.29, 0.717) is 11.0 Å². The van der Waals surface area contributed by atoms with Crippen molar-refractivity contribution in [1.29, 1.82) is 0 Å². The monoisotopic (exact) mass is 283 g/mol. The molecule has 1 aromatic carbocycles. The second kappa shape index (κ2) is 4.34. The highest BCUT2D eigenvalue weighted by atomic mass is 19.4. The van der Waals surface area contributed by atoms with E-state index in [1.807, 2.05) is 0 Å². The molecule has 2 heterocycles. The van der Waals surface area contributed by atoms with E-state index < -0.39 is 23.9 Å². The van der Waals surface area contributed by atoms with E-state index in [1.54, 1.807) is 24.3 Å². The van der Waals surface area contributed by atoms with Crippen LogP contribution in [0.3, 0.4) is 0 Å². The molecule has 6 heteroatoms. The highest BCUT2D eigenvalue weighted by Gasteiger charge is 2.62. The topological polar surface area (TPSA) is 42.2 Å². The molecule has 1 atom stereocenters. The first-order chi connectivity index (χ1) is 9.44. The largest absolute Gasteiger partial charge is 0.453 e. The second-order valence-corrected chi connectivity index (χ2v) is 4.98. The molecule has 1 aliphatic rings. The molecule has 0 saturated carbocycles. The Hall–Kier alpha value is -1.82. The van der Waals surface area contributed by atoms with Crippen molar-refractivity contribution in [2.24, 2.45) is 5.41 Å². The maximum absolute atomic E-state index is 13.3. The molecule has 1 fully saturated rings. The zero-order chi connectivity index (χ0) is 14.4. The molecular weight excluding hydrogens is 271 g/mol. The minimum Gasteiger partial charge on any atom is -0.453 e. The van der Waals surface area contributed by atoms with Gasteiger partial charge in [0, 0.05) is 11.9 Å². The van der Waals surface area contributed by atoms with Crippen molar-refractivity contribution >= 4 is 16.8 Å². The fraction of sp³-hybridized carbons (Fsp3) is 0.357. The number of rotatable bonds is 2. The van der Waals surface area contributed by atoms with Gasteiger partial charge in [0.1, 0.15) is 11.0 Å². The van der Waals surface area contributed by atoms with Crippen LogP contribution in [0.5, 0.6) is 0 Å². The van der Waals surface area contributed by atoms with E-state index >= 15 is 0 Å². The molecule has 1 saturated heterocycles. The molecule has 20 heavy (non-hydrogen) atoms. The Kier molecular flexibility index (Phi) is 2.86. The number of carbonyl (C=O) groups is 1. The number of benzene rings is 1. The van der Waals surface area contributed by atoms with E-state index in [2.05, 4.69) is 5.32 Å². The summed E-state index contributed by atoms with van der Waals surface area (Å²) in [4.78, 5) is 12.3. The molecule has 3 nitrogen and oxygen atoms in total. The first-order valence-corrected chi connectivity index (χ1v) is 6.25. The maximum Gasteiger partial charge on any atom is 0.403 e. The average Bonchev–Trinajstić information content (AvgIpc) is 3.04. The quantitative estimate of drug-likeness (QED) is 0.861. The van der Waals surface area contributed by atoms with Crippen molar-refractivity contribution in [2.75, 3.05) is 13.1 Å². The Morgan fingerprint density at radius 1 is 1.30 bits per heavy atom. The molecule has 1 aliphatic heterocycles. The highest BCUT2D eigenvalue weighted by molar-refractivity contribution is 6.02. The number of furan rings is 1. The Labute approximate surface area is 112 Å². The van der Waals surface area contributed by atoms with Gasteiger partial charge in [-0.3, -0.25) is 4.79 Å². The van der Waals surface area contributed by atoms with Crippen molar-refractivity contribution in [3.8, 4) is 0 Å². The summed E-state index contributed by atoms with van der Waals surface area (Å²) in [5.74, 6) is -1.22. The van der Waals surface area contributed by atoms with E-state index in [4.69, 9.17) is 4.42 Å². The van der Waals surface area contributed by atoms with Crippen LogP contribution in [0.15, 0.2) is 34.7 Å². The minimum atomic E-state index is -4.59. The van der Waals surface area contributed by atoms with Crippen LogP contribution in [0.2, 0.25) is 0 Å². The third kappa shape index (κ3) is 1.83.